The van der Waals surface area contributed by atoms with E-state index < -0.39 is 5.97 Å². The highest BCUT2D eigenvalue weighted by molar-refractivity contribution is 6.31. The van der Waals surface area contributed by atoms with E-state index in [1.165, 1.54) is 0 Å². The minimum absolute atomic E-state index is 0.242. The average molecular weight is 330 g/mol. The van der Waals surface area contributed by atoms with Gasteiger partial charge in [-0.3, -0.25) is 0 Å². The summed E-state index contributed by atoms with van der Waals surface area (Å²) in [4.78, 5) is 11.8. The SMILES string of the molecule is CCOc1cc(C)c(Cl)cc1-c1cn2ccccc2c1C(=O)O. The van der Waals surface area contributed by atoms with Crippen molar-refractivity contribution in [3.05, 3.63) is 58.9 Å². The van der Waals surface area contributed by atoms with Gasteiger partial charge in [0, 0.05) is 28.5 Å². The standard InChI is InChI=1S/C18H16ClNO3/c1-3-23-16-8-11(2)14(19)9-12(16)13-10-20-7-5-4-6-15(20)17(13)18(21)22/h4-10H,3H2,1-2H3,(H,21,22). The second kappa shape index (κ2) is 5.97. The van der Waals surface area contributed by atoms with Crippen LogP contribution < -0.4 is 4.74 Å². The molecule has 0 bridgehead atoms. The van der Waals surface area contributed by atoms with Crippen molar-refractivity contribution in [1.82, 2.24) is 4.40 Å². The third kappa shape index (κ3) is 2.66. The molecule has 0 atom stereocenters. The highest BCUT2D eigenvalue weighted by Crippen LogP contribution is 2.38. The van der Waals surface area contributed by atoms with Crippen LogP contribution in [0.4, 0.5) is 0 Å². The molecule has 118 valence electrons. The fraction of sp³-hybridized carbons (Fsp3) is 0.167. The molecule has 3 aromatic rings. The summed E-state index contributed by atoms with van der Waals surface area (Å²) in [5.41, 5.74) is 3.04. The highest BCUT2D eigenvalue weighted by atomic mass is 35.5. The lowest BCUT2D eigenvalue weighted by molar-refractivity contribution is 0.0700. The molecule has 0 aliphatic heterocycles. The minimum Gasteiger partial charge on any atom is -0.493 e. The van der Waals surface area contributed by atoms with E-state index in [-0.39, 0.29) is 5.56 Å². The maximum atomic E-state index is 11.8. The summed E-state index contributed by atoms with van der Waals surface area (Å²) < 4.78 is 7.49. The van der Waals surface area contributed by atoms with Crippen LogP contribution in [0.3, 0.4) is 0 Å². The van der Waals surface area contributed by atoms with Crippen LogP contribution in [0.2, 0.25) is 5.02 Å². The van der Waals surface area contributed by atoms with Crippen molar-refractivity contribution in [3.8, 4) is 16.9 Å². The zero-order chi connectivity index (χ0) is 16.6. The van der Waals surface area contributed by atoms with Gasteiger partial charge in [-0.1, -0.05) is 17.7 Å². The molecule has 0 amide bonds. The van der Waals surface area contributed by atoms with Crippen molar-refractivity contribution in [2.24, 2.45) is 0 Å². The molecule has 0 spiro atoms. The van der Waals surface area contributed by atoms with E-state index in [9.17, 15) is 9.90 Å². The fourth-order valence-corrected chi connectivity index (χ4v) is 2.86. The molecule has 1 N–H and O–H groups in total. The van der Waals surface area contributed by atoms with Gasteiger partial charge in [-0.25, -0.2) is 4.79 Å². The third-order valence-corrected chi connectivity index (χ3v) is 4.16. The summed E-state index contributed by atoms with van der Waals surface area (Å²) in [5.74, 6) is -0.347. The Morgan fingerprint density at radius 3 is 2.78 bits per heavy atom. The molecular formula is C18H16ClNO3. The van der Waals surface area contributed by atoms with Crippen LogP contribution in [-0.2, 0) is 0 Å². The minimum atomic E-state index is -0.979. The van der Waals surface area contributed by atoms with Crippen molar-refractivity contribution in [2.75, 3.05) is 6.61 Å². The Morgan fingerprint density at radius 1 is 1.30 bits per heavy atom. The fourth-order valence-electron chi connectivity index (χ4n) is 2.69. The molecule has 1 aromatic carbocycles. The van der Waals surface area contributed by atoms with Gasteiger partial charge in [0.15, 0.2) is 0 Å². The smallest absolute Gasteiger partial charge is 0.338 e. The molecule has 0 radical (unpaired) electrons. The van der Waals surface area contributed by atoms with Crippen LogP contribution in [-0.4, -0.2) is 22.1 Å². The third-order valence-electron chi connectivity index (χ3n) is 3.75. The van der Waals surface area contributed by atoms with E-state index in [4.69, 9.17) is 16.3 Å². The Hall–Kier alpha value is -2.46. The molecule has 2 heterocycles. The van der Waals surface area contributed by atoms with Gasteiger partial charge in [-0.15, -0.1) is 0 Å². The molecular weight excluding hydrogens is 314 g/mol. The van der Waals surface area contributed by atoms with E-state index in [0.717, 1.165) is 5.56 Å². The molecule has 0 fully saturated rings. The van der Waals surface area contributed by atoms with Gasteiger partial charge in [-0.05, 0) is 43.7 Å². The van der Waals surface area contributed by atoms with Crippen molar-refractivity contribution < 1.29 is 14.6 Å². The van der Waals surface area contributed by atoms with Crippen LogP contribution in [0.25, 0.3) is 16.6 Å². The number of pyridine rings is 1. The van der Waals surface area contributed by atoms with E-state index in [1.54, 1.807) is 22.7 Å². The van der Waals surface area contributed by atoms with Crippen molar-refractivity contribution >= 4 is 23.1 Å². The first-order valence-corrected chi connectivity index (χ1v) is 7.67. The Balaban J connectivity index is 2.34. The lowest BCUT2D eigenvalue weighted by atomic mass is 10.0. The Bertz CT molecular complexity index is 899. The molecule has 0 saturated heterocycles. The summed E-state index contributed by atoms with van der Waals surface area (Å²) >= 11 is 6.26. The Morgan fingerprint density at radius 2 is 2.09 bits per heavy atom. The van der Waals surface area contributed by atoms with Crippen LogP contribution in [0.5, 0.6) is 5.75 Å². The van der Waals surface area contributed by atoms with E-state index >= 15 is 0 Å². The summed E-state index contributed by atoms with van der Waals surface area (Å²) in [6.45, 7) is 4.27. The number of ether oxygens (including phenoxy) is 1. The number of carbonyl (C=O) groups is 1. The summed E-state index contributed by atoms with van der Waals surface area (Å²) in [6.07, 6.45) is 3.61. The lowest BCUT2D eigenvalue weighted by Gasteiger charge is -2.12. The molecule has 0 saturated carbocycles. The summed E-state index contributed by atoms with van der Waals surface area (Å²) in [5, 5.41) is 10.3. The zero-order valence-electron chi connectivity index (χ0n) is 12.8. The normalized spacial score (nSPS) is 10.9. The molecule has 0 aliphatic rings. The second-order valence-electron chi connectivity index (χ2n) is 5.25. The molecule has 3 rings (SSSR count). The maximum absolute atomic E-state index is 11.8. The number of carboxylic acid groups (broad SMARTS) is 1. The summed E-state index contributed by atoms with van der Waals surface area (Å²) in [7, 11) is 0. The van der Waals surface area contributed by atoms with Gasteiger partial charge < -0.3 is 14.2 Å². The van der Waals surface area contributed by atoms with Crippen LogP contribution in [0.15, 0.2) is 42.7 Å². The largest absolute Gasteiger partial charge is 0.493 e. The highest BCUT2D eigenvalue weighted by Gasteiger charge is 2.21. The average Bonchev–Trinajstić information content (AvgIpc) is 2.90. The monoisotopic (exact) mass is 329 g/mol. The van der Waals surface area contributed by atoms with Gasteiger partial charge in [0.1, 0.15) is 5.75 Å². The van der Waals surface area contributed by atoms with Gasteiger partial charge in [0.05, 0.1) is 17.7 Å². The van der Waals surface area contributed by atoms with E-state index in [0.29, 0.717) is 34.0 Å². The van der Waals surface area contributed by atoms with E-state index in [2.05, 4.69) is 0 Å². The number of carboxylic acids is 1. The number of fused-ring (bicyclic) bond motifs is 1. The number of rotatable bonds is 4. The predicted octanol–water partition coefficient (Wildman–Crippen LogP) is 4.67. The van der Waals surface area contributed by atoms with Gasteiger partial charge >= 0.3 is 5.97 Å². The first kappa shape index (κ1) is 15.4. The van der Waals surface area contributed by atoms with Crippen molar-refractivity contribution in [2.45, 2.75) is 13.8 Å². The number of halogens is 1. The first-order valence-electron chi connectivity index (χ1n) is 7.29. The second-order valence-corrected chi connectivity index (χ2v) is 5.65. The summed E-state index contributed by atoms with van der Waals surface area (Å²) in [6, 6.07) is 9.06. The predicted molar refractivity (Wildman–Crippen MR) is 90.7 cm³/mol. The van der Waals surface area contributed by atoms with Gasteiger partial charge in [0.2, 0.25) is 0 Å². The molecule has 23 heavy (non-hydrogen) atoms. The number of aryl methyl sites for hydroxylation is 1. The number of benzene rings is 1. The zero-order valence-corrected chi connectivity index (χ0v) is 13.6. The maximum Gasteiger partial charge on any atom is 0.338 e. The van der Waals surface area contributed by atoms with E-state index in [1.807, 2.05) is 38.2 Å². The quantitative estimate of drug-likeness (QED) is 0.757. The number of nitrogens with zero attached hydrogens (tertiary/aromatic N) is 1. The number of hydrogen-bond acceptors (Lipinski definition) is 2. The van der Waals surface area contributed by atoms with Crippen molar-refractivity contribution in [3.63, 3.8) is 0 Å². The Labute approximate surface area is 138 Å². The number of aromatic nitrogens is 1. The molecule has 0 unspecified atom stereocenters. The Kier molecular flexibility index (Phi) is 4.01. The lowest BCUT2D eigenvalue weighted by Crippen LogP contribution is -2.00. The van der Waals surface area contributed by atoms with Crippen LogP contribution in [0.1, 0.15) is 22.8 Å². The van der Waals surface area contributed by atoms with Crippen molar-refractivity contribution in [1.29, 1.82) is 0 Å². The van der Waals surface area contributed by atoms with Crippen LogP contribution in [0, 0.1) is 6.92 Å². The molecule has 2 aromatic heterocycles. The topological polar surface area (TPSA) is 50.9 Å². The first-order chi connectivity index (χ1) is 11.0. The molecule has 0 aliphatic carbocycles. The number of aromatic carboxylic acids is 1. The van der Waals surface area contributed by atoms with Gasteiger partial charge in [0.25, 0.3) is 0 Å². The molecule has 5 heteroatoms. The van der Waals surface area contributed by atoms with Gasteiger partial charge in [-0.2, -0.15) is 0 Å². The number of hydrogen-bond donors (Lipinski definition) is 1. The van der Waals surface area contributed by atoms with Crippen LogP contribution >= 0.6 is 11.6 Å². The molecule has 4 nitrogen and oxygen atoms in total.